The Balaban J connectivity index is 4.15. The Morgan fingerprint density at radius 3 is 2.19 bits per heavy atom. The van der Waals surface area contributed by atoms with Crippen molar-refractivity contribution < 1.29 is 28.3 Å². The molecule has 0 radical (unpaired) electrons. The molecule has 0 amide bonds. The first-order valence-electron chi connectivity index (χ1n) is 4.91. The molecule has 8 heteroatoms. The summed E-state index contributed by atoms with van der Waals surface area (Å²) in [5, 5.41) is 29.7. The average molecular weight is 256 g/mol. The Morgan fingerprint density at radius 1 is 1.38 bits per heavy atom. The average Bonchev–Trinajstić information content (AvgIpc) is 2.23. The molecule has 1 unspecified atom stereocenters. The minimum atomic E-state index is -4.70. The molecule has 0 spiro atoms. The van der Waals surface area contributed by atoms with E-state index >= 15 is 0 Å². The van der Waals surface area contributed by atoms with E-state index in [1.807, 2.05) is 0 Å². The Morgan fingerprint density at radius 2 is 1.88 bits per heavy atom. The summed E-state index contributed by atoms with van der Waals surface area (Å²) in [6, 6.07) is 0. The van der Waals surface area contributed by atoms with E-state index in [1.54, 1.807) is 6.92 Å². The van der Waals surface area contributed by atoms with Gasteiger partial charge < -0.3 is 25.2 Å². The number of hydrogen-bond donors (Lipinski definition) is 4. The van der Waals surface area contributed by atoms with E-state index in [0.29, 0.717) is 6.42 Å². The van der Waals surface area contributed by atoms with Crippen molar-refractivity contribution in [2.24, 2.45) is 0 Å². The molecule has 0 aromatic heterocycles. The quantitative estimate of drug-likeness (QED) is 0.368. The van der Waals surface area contributed by atoms with Gasteiger partial charge in [-0.1, -0.05) is 6.92 Å². The first-order chi connectivity index (χ1) is 7.31. The predicted octanol–water partition coefficient (Wildman–Crippen LogP) is -2.04. The van der Waals surface area contributed by atoms with Gasteiger partial charge in [0.1, 0.15) is 15.6 Å². The van der Waals surface area contributed by atoms with Crippen molar-refractivity contribution in [3.05, 3.63) is 0 Å². The number of rotatable bonds is 8. The highest BCUT2D eigenvalue weighted by molar-refractivity contribution is 7.86. The maximum Gasteiger partial charge on any atom is 0.144 e. The predicted molar refractivity (Wildman–Crippen MR) is 55.5 cm³/mol. The third-order valence-corrected chi connectivity index (χ3v) is 3.41. The van der Waals surface area contributed by atoms with Crippen molar-refractivity contribution in [1.29, 1.82) is 0 Å². The van der Waals surface area contributed by atoms with Crippen LogP contribution >= 0.6 is 0 Å². The monoisotopic (exact) mass is 256 g/mol. The normalized spacial score (nSPS) is 15.1. The van der Waals surface area contributed by atoms with E-state index in [9.17, 15) is 13.0 Å². The van der Waals surface area contributed by atoms with Gasteiger partial charge in [0.25, 0.3) is 0 Å². The third-order valence-electron chi connectivity index (χ3n) is 2.51. The molecule has 0 fully saturated rings. The molecule has 0 aliphatic carbocycles. The number of nitrogens with one attached hydrogen (secondary N) is 1. The molecule has 0 rings (SSSR count). The van der Waals surface area contributed by atoms with Gasteiger partial charge in [-0.3, -0.25) is 0 Å². The van der Waals surface area contributed by atoms with Crippen LogP contribution in [0.5, 0.6) is 0 Å². The molecule has 0 aromatic rings. The van der Waals surface area contributed by atoms with Gasteiger partial charge in [0.2, 0.25) is 0 Å². The second-order valence-corrected chi connectivity index (χ2v) is 5.14. The van der Waals surface area contributed by atoms with Crippen LogP contribution in [0, 0.1) is 0 Å². The van der Waals surface area contributed by atoms with Gasteiger partial charge in [0.05, 0.1) is 18.8 Å². The molecule has 0 aliphatic heterocycles. The molecular weight excluding hydrogens is 238 g/mol. The van der Waals surface area contributed by atoms with Crippen LogP contribution in [0.15, 0.2) is 0 Å². The Hall–Kier alpha value is -0.250. The summed E-state index contributed by atoms with van der Waals surface area (Å²) < 4.78 is 31.1. The van der Waals surface area contributed by atoms with E-state index in [0.717, 1.165) is 0 Å². The first kappa shape index (κ1) is 15.8. The van der Waals surface area contributed by atoms with Crippen molar-refractivity contribution in [1.82, 2.24) is 5.32 Å². The lowest BCUT2D eigenvalue weighted by molar-refractivity contribution is 0.0850. The fraction of sp³-hybridized carbons (Fsp3) is 1.00. The Kier molecular flexibility index (Phi) is 6.38. The van der Waals surface area contributed by atoms with Gasteiger partial charge in [-0.2, -0.15) is 0 Å². The van der Waals surface area contributed by atoms with Gasteiger partial charge in [-0.15, -0.1) is 0 Å². The summed E-state index contributed by atoms with van der Waals surface area (Å²) in [7, 11) is -4.70. The second-order valence-electron chi connectivity index (χ2n) is 3.61. The fourth-order valence-electron chi connectivity index (χ4n) is 1.12. The van der Waals surface area contributed by atoms with Crippen LogP contribution in [0.3, 0.4) is 0 Å². The van der Waals surface area contributed by atoms with Crippen LogP contribution in [-0.4, -0.2) is 59.0 Å². The topological polar surface area (TPSA) is 130 Å². The lowest BCUT2D eigenvalue weighted by atomic mass is 9.98. The zero-order chi connectivity index (χ0) is 12.8. The summed E-state index contributed by atoms with van der Waals surface area (Å²) in [6.07, 6.45) is 0.147. The van der Waals surface area contributed by atoms with Crippen LogP contribution in [-0.2, 0) is 10.1 Å². The highest BCUT2D eigenvalue weighted by atomic mass is 32.2. The Labute approximate surface area is 94.9 Å². The van der Waals surface area contributed by atoms with Crippen molar-refractivity contribution >= 4 is 10.1 Å². The maximum atomic E-state index is 10.4. The minimum absolute atomic E-state index is 0.0115. The van der Waals surface area contributed by atoms with Gasteiger partial charge in [-0.25, -0.2) is 8.42 Å². The van der Waals surface area contributed by atoms with Crippen molar-refractivity contribution in [3.8, 4) is 0 Å². The van der Waals surface area contributed by atoms with E-state index < -0.39 is 21.1 Å². The lowest BCUT2D eigenvalue weighted by Crippen LogP contribution is -2.52. The molecule has 0 heterocycles. The van der Waals surface area contributed by atoms with Crippen LogP contribution in [0.25, 0.3) is 0 Å². The fourth-order valence-corrected chi connectivity index (χ4v) is 1.52. The third kappa shape index (κ3) is 4.73. The SMILES string of the molecule is CCC(CO)(CO)NCCC(O)S(=O)(=O)[O-]. The second kappa shape index (κ2) is 6.48. The van der Waals surface area contributed by atoms with Crippen LogP contribution in [0.2, 0.25) is 0 Å². The summed E-state index contributed by atoms with van der Waals surface area (Å²) >= 11 is 0. The van der Waals surface area contributed by atoms with Crippen LogP contribution in [0.4, 0.5) is 0 Å². The van der Waals surface area contributed by atoms with Crippen molar-refractivity contribution in [3.63, 3.8) is 0 Å². The number of aliphatic hydroxyl groups excluding tert-OH is 3. The Bertz CT molecular complexity index is 279. The zero-order valence-electron chi connectivity index (χ0n) is 9.09. The molecule has 98 valence electrons. The highest BCUT2D eigenvalue weighted by Crippen LogP contribution is 2.09. The van der Waals surface area contributed by atoms with E-state index in [-0.39, 0.29) is 26.2 Å². The largest absolute Gasteiger partial charge is 0.746 e. The van der Waals surface area contributed by atoms with Gasteiger partial charge >= 0.3 is 0 Å². The molecule has 0 aromatic carbocycles. The zero-order valence-corrected chi connectivity index (χ0v) is 9.90. The molecule has 0 aliphatic rings. The number of hydrogen-bond acceptors (Lipinski definition) is 7. The van der Waals surface area contributed by atoms with Gasteiger partial charge in [0.15, 0.2) is 0 Å². The molecule has 4 N–H and O–H groups in total. The van der Waals surface area contributed by atoms with Crippen molar-refractivity contribution in [2.75, 3.05) is 19.8 Å². The molecular formula is C8H18NO6S-. The molecule has 0 saturated heterocycles. The summed E-state index contributed by atoms with van der Waals surface area (Å²) in [4.78, 5) is 0. The molecule has 7 nitrogen and oxygen atoms in total. The lowest BCUT2D eigenvalue weighted by Gasteiger charge is -2.30. The highest BCUT2D eigenvalue weighted by Gasteiger charge is 2.26. The van der Waals surface area contributed by atoms with E-state index in [2.05, 4.69) is 5.32 Å². The van der Waals surface area contributed by atoms with Crippen LogP contribution < -0.4 is 5.32 Å². The van der Waals surface area contributed by atoms with Crippen LogP contribution in [0.1, 0.15) is 19.8 Å². The minimum Gasteiger partial charge on any atom is -0.746 e. The summed E-state index contributed by atoms with van der Waals surface area (Å²) in [5.74, 6) is 0. The van der Waals surface area contributed by atoms with Gasteiger partial charge in [-0.05, 0) is 19.4 Å². The molecule has 0 bridgehead atoms. The molecule has 16 heavy (non-hydrogen) atoms. The van der Waals surface area contributed by atoms with E-state index in [4.69, 9.17) is 15.3 Å². The first-order valence-corrected chi connectivity index (χ1v) is 6.38. The maximum absolute atomic E-state index is 10.4. The number of aliphatic hydroxyl groups is 3. The molecule has 0 saturated carbocycles. The van der Waals surface area contributed by atoms with E-state index in [1.165, 1.54) is 0 Å². The smallest absolute Gasteiger partial charge is 0.144 e. The van der Waals surface area contributed by atoms with Gasteiger partial charge in [0, 0.05) is 0 Å². The summed E-state index contributed by atoms with van der Waals surface area (Å²) in [6.45, 7) is 1.11. The standard InChI is InChI=1S/C8H19NO6S/c1-2-8(5-10,6-11)9-4-3-7(12)16(13,14)15/h7,9-12H,2-6H2,1H3,(H,13,14,15)/p-1. The van der Waals surface area contributed by atoms with Crippen molar-refractivity contribution in [2.45, 2.75) is 30.7 Å². The summed E-state index contributed by atoms with van der Waals surface area (Å²) in [5.41, 5.74) is -2.88. The molecule has 1 atom stereocenters.